The number of fused-ring (bicyclic) bond motifs is 1. The van der Waals surface area contributed by atoms with Crippen molar-refractivity contribution in [2.24, 2.45) is 17.3 Å². The molecule has 0 aromatic carbocycles. The van der Waals surface area contributed by atoms with Crippen LogP contribution in [0.3, 0.4) is 0 Å². The van der Waals surface area contributed by atoms with Gasteiger partial charge in [-0.2, -0.15) is 0 Å². The lowest BCUT2D eigenvalue weighted by atomic mass is 9.84. The quantitative estimate of drug-likeness (QED) is 0.365. The number of carbonyl (C=O) groups excluding carboxylic acids is 4. The fourth-order valence-corrected chi connectivity index (χ4v) is 6.85. The van der Waals surface area contributed by atoms with E-state index in [0.717, 1.165) is 32.1 Å². The maximum atomic E-state index is 14.0. The Morgan fingerprint density at radius 1 is 0.975 bits per heavy atom. The molecule has 4 amide bonds. The molecule has 0 radical (unpaired) electrons. The van der Waals surface area contributed by atoms with Crippen molar-refractivity contribution < 1.29 is 29.1 Å². The molecule has 2 aliphatic carbocycles. The van der Waals surface area contributed by atoms with Crippen LogP contribution in [0.2, 0.25) is 0 Å². The third-order valence-electron chi connectivity index (χ3n) is 9.35. The number of likely N-dealkylation sites (tertiary alicyclic amines) is 1. The molecule has 224 valence electrons. The topological polar surface area (TPSA) is 139 Å². The van der Waals surface area contributed by atoms with Crippen LogP contribution in [0.15, 0.2) is 0 Å². The predicted octanol–water partition coefficient (Wildman–Crippen LogP) is 1.84. The molecule has 0 bridgehead atoms. The molecule has 6 unspecified atom stereocenters. The van der Waals surface area contributed by atoms with E-state index in [0.29, 0.717) is 39.0 Å². The van der Waals surface area contributed by atoms with Gasteiger partial charge in [-0.15, -0.1) is 0 Å². The molecule has 4 fully saturated rings. The first-order chi connectivity index (χ1) is 18.8. The molecule has 0 aromatic rings. The molecule has 4 rings (SSSR count). The molecular formula is C29H47N5O6. The van der Waals surface area contributed by atoms with Crippen LogP contribution < -0.4 is 10.6 Å². The normalized spacial score (nSPS) is 28.5. The number of hydrogen-bond donors (Lipinski definition) is 3. The average molecular weight is 562 g/mol. The van der Waals surface area contributed by atoms with Crippen LogP contribution in [-0.4, -0.2) is 106 Å². The largest absolute Gasteiger partial charge is 0.465 e. The molecule has 0 spiro atoms. The monoisotopic (exact) mass is 561 g/mol. The number of carbonyl (C=O) groups is 5. The summed E-state index contributed by atoms with van der Waals surface area (Å²) >= 11 is 0. The van der Waals surface area contributed by atoms with Crippen molar-refractivity contribution >= 4 is 29.6 Å². The van der Waals surface area contributed by atoms with E-state index in [1.54, 1.807) is 4.90 Å². The standard InChI is InChI=1S/C29H47N5O6/c1-6-8-21(24(35)26(37)30-19-11-12-19)31-25(36)23-20-10-7-9-18(20)15-34(23)27(38)17(2)32-13-14-33(28(39)40)22(16-32)29(3,4)5/h17-23H,6-16H2,1-5H3,(H,30,37)(H,31,36)(H,39,40). The van der Waals surface area contributed by atoms with E-state index in [-0.39, 0.29) is 41.1 Å². The number of piperazine rings is 1. The van der Waals surface area contributed by atoms with E-state index in [1.165, 1.54) is 4.90 Å². The van der Waals surface area contributed by atoms with Crippen LogP contribution in [0.5, 0.6) is 0 Å². The van der Waals surface area contributed by atoms with E-state index < -0.39 is 35.9 Å². The Balaban J connectivity index is 1.48. The van der Waals surface area contributed by atoms with Crippen molar-refractivity contribution in [3.05, 3.63) is 0 Å². The molecule has 4 aliphatic rings. The fourth-order valence-electron chi connectivity index (χ4n) is 6.85. The van der Waals surface area contributed by atoms with Gasteiger partial charge in [0, 0.05) is 32.2 Å². The van der Waals surface area contributed by atoms with Crippen LogP contribution in [0.4, 0.5) is 4.79 Å². The Bertz CT molecular complexity index is 1010. The fraction of sp³-hybridized carbons (Fsp3) is 0.828. The van der Waals surface area contributed by atoms with Gasteiger partial charge in [0.1, 0.15) is 6.04 Å². The van der Waals surface area contributed by atoms with Crippen LogP contribution in [-0.2, 0) is 19.2 Å². The van der Waals surface area contributed by atoms with Crippen LogP contribution >= 0.6 is 0 Å². The third-order valence-corrected chi connectivity index (χ3v) is 9.35. The summed E-state index contributed by atoms with van der Waals surface area (Å²) in [5.41, 5.74) is -0.306. The first-order valence-corrected chi connectivity index (χ1v) is 15.0. The number of rotatable bonds is 9. The summed E-state index contributed by atoms with van der Waals surface area (Å²) in [5, 5.41) is 15.3. The van der Waals surface area contributed by atoms with Crippen LogP contribution in [0, 0.1) is 17.3 Å². The van der Waals surface area contributed by atoms with Gasteiger partial charge in [0.25, 0.3) is 5.91 Å². The van der Waals surface area contributed by atoms with Gasteiger partial charge in [-0.25, -0.2) is 4.79 Å². The van der Waals surface area contributed by atoms with E-state index in [9.17, 15) is 29.1 Å². The van der Waals surface area contributed by atoms with Crippen molar-refractivity contribution in [3.63, 3.8) is 0 Å². The van der Waals surface area contributed by atoms with Gasteiger partial charge in [0.05, 0.1) is 18.1 Å². The number of nitrogens with zero attached hydrogens (tertiary/aromatic N) is 3. The number of Topliss-reactive ketones (excluding diaryl/α,β-unsaturated/α-hetero) is 1. The van der Waals surface area contributed by atoms with E-state index in [4.69, 9.17) is 0 Å². The van der Waals surface area contributed by atoms with Gasteiger partial charge >= 0.3 is 6.09 Å². The average Bonchev–Trinajstić information content (AvgIpc) is 3.46. The van der Waals surface area contributed by atoms with E-state index in [1.807, 2.05) is 39.5 Å². The van der Waals surface area contributed by atoms with Gasteiger partial charge in [-0.1, -0.05) is 40.5 Å². The summed E-state index contributed by atoms with van der Waals surface area (Å²) in [6.45, 7) is 11.4. The highest BCUT2D eigenvalue weighted by molar-refractivity contribution is 6.38. The Kier molecular flexibility index (Phi) is 9.11. The minimum absolute atomic E-state index is 0.0278. The Morgan fingerprint density at radius 2 is 1.68 bits per heavy atom. The van der Waals surface area contributed by atoms with Gasteiger partial charge < -0.3 is 25.5 Å². The SMILES string of the molecule is CCCC(NC(=O)C1C2CCCC2CN1C(=O)C(C)N1CCN(C(=O)O)C(C(C)(C)C)C1)C(=O)C(=O)NC1CC1. The zero-order chi connectivity index (χ0) is 29.4. The van der Waals surface area contributed by atoms with Gasteiger partial charge in [-0.05, 0) is 56.3 Å². The second kappa shape index (κ2) is 12.0. The van der Waals surface area contributed by atoms with Crippen LogP contribution in [0.1, 0.15) is 79.6 Å². The zero-order valence-electron chi connectivity index (χ0n) is 24.6. The maximum absolute atomic E-state index is 14.0. The maximum Gasteiger partial charge on any atom is 0.407 e. The molecule has 40 heavy (non-hydrogen) atoms. The highest BCUT2D eigenvalue weighted by Crippen LogP contribution is 2.43. The molecule has 3 N–H and O–H groups in total. The van der Waals surface area contributed by atoms with Crippen molar-refractivity contribution in [2.45, 2.75) is 110 Å². The summed E-state index contributed by atoms with van der Waals surface area (Å²) in [7, 11) is 0. The molecule has 2 saturated carbocycles. The molecule has 11 heteroatoms. The Morgan fingerprint density at radius 3 is 2.27 bits per heavy atom. The number of carboxylic acid groups (broad SMARTS) is 1. The Hall–Kier alpha value is -2.69. The smallest absolute Gasteiger partial charge is 0.407 e. The molecule has 2 saturated heterocycles. The minimum atomic E-state index is -0.954. The second-order valence-electron chi connectivity index (χ2n) is 13.3. The molecule has 11 nitrogen and oxygen atoms in total. The first-order valence-electron chi connectivity index (χ1n) is 15.0. The summed E-state index contributed by atoms with van der Waals surface area (Å²) in [6.07, 6.45) is 4.57. The number of ketones is 1. The van der Waals surface area contributed by atoms with Crippen molar-refractivity contribution in [1.82, 2.24) is 25.3 Å². The first kappa shape index (κ1) is 30.3. The minimum Gasteiger partial charge on any atom is -0.465 e. The predicted molar refractivity (Wildman–Crippen MR) is 148 cm³/mol. The summed E-state index contributed by atoms with van der Waals surface area (Å²) < 4.78 is 0. The number of amides is 4. The highest BCUT2D eigenvalue weighted by Gasteiger charge is 2.51. The lowest BCUT2D eigenvalue weighted by Crippen LogP contribution is -2.63. The van der Waals surface area contributed by atoms with Gasteiger partial charge in [-0.3, -0.25) is 24.1 Å². The van der Waals surface area contributed by atoms with Crippen molar-refractivity contribution in [1.29, 1.82) is 0 Å². The van der Waals surface area contributed by atoms with E-state index >= 15 is 0 Å². The lowest BCUT2D eigenvalue weighted by Gasteiger charge is -2.47. The summed E-state index contributed by atoms with van der Waals surface area (Å²) in [6, 6.07) is -2.34. The van der Waals surface area contributed by atoms with Crippen LogP contribution in [0.25, 0.3) is 0 Å². The third kappa shape index (κ3) is 6.44. The summed E-state index contributed by atoms with van der Waals surface area (Å²) in [5.74, 6) is -1.52. The second-order valence-corrected chi connectivity index (χ2v) is 13.3. The molecular weight excluding hydrogens is 514 g/mol. The van der Waals surface area contributed by atoms with Crippen molar-refractivity contribution in [2.75, 3.05) is 26.2 Å². The number of nitrogens with one attached hydrogen (secondary N) is 2. The summed E-state index contributed by atoms with van der Waals surface area (Å²) in [4.78, 5) is 70.2. The molecule has 2 aliphatic heterocycles. The van der Waals surface area contributed by atoms with Crippen molar-refractivity contribution in [3.8, 4) is 0 Å². The molecule has 2 heterocycles. The molecule has 6 atom stereocenters. The highest BCUT2D eigenvalue weighted by atomic mass is 16.4. The zero-order valence-corrected chi connectivity index (χ0v) is 24.6. The van der Waals surface area contributed by atoms with Gasteiger partial charge in [0.15, 0.2) is 0 Å². The van der Waals surface area contributed by atoms with Gasteiger partial charge in [0.2, 0.25) is 17.6 Å². The lowest BCUT2D eigenvalue weighted by molar-refractivity contribution is -0.145. The molecule has 0 aromatic heterocycles. The van der Waals surface area contributed by atoms with E-state index in [2.05, 4.69) is 10.6 Å². The number of hydrogen-bond acceptors (Lipinski definition) is 6. The Labute approximate surface area is 237 Å².